The lowest BCUT2D eigenvalue weighted by atomic mass is 10.1. The van der Waals surface area contributed by atoms with Crippen LogP contribution in [0.15, 0.2) is 18.2 Å². The zero-order valence-electron chi connectivity index (χ0n) is 7.52. The van der Waals surface area contributed by atoms with Crippen LogP contribution >= 0.6 is 0 Å². The average Bonchev–Trinajstić information content (AvgIpc) is 2.26. The molecule has 0 fully saturated rings. The van der Waals surface area contributed by atoms with E-state index < -0.39 is 5.97 Å². The van der Waals surface area contributed by atoms with E-state index in [0.717, 1.165) is 0 Å². The molecule has 0 aliphatic heterocycles. The summed E-state index contributed by atoms with van der Waals surface area (Å²) in [7, 11) is 1.25. The highest BCUT2D eigenvalue weighted by atomic mass is 16.5. The molecule has 0 aliphatic rings. The lowest BCUT2D eigenvalue weighted by molar-refractivity contribution is 0.0600. The molecule has 0 heterocycles. The highest BCUT2D eigenvalue weighted by Crippen LogP contribution is 2.09. The van der Waals surface area contributed by atoms with Gasteiger partial charge in [-0.2, -0.15) is 0 Å². The molecule has 0 radical (unpaired) electrons. The highest BCUT2D eigenvalue weighted by molar-refractivity contribution is 5.96. The maximum absolute atomic E-state index is 11.1. The first-order valence-electron chi connectivity index (χ1n) is 3.85. The second-order valence-corrected chi connectivity index (χ2v) is 2.57. The van der Waals surface area contributed by atoms with Gasteiger partial charge in [0.25, 0.3) is 0 Å². The third kappa shape index (κ3) is 1.85. The lowest BCUT2D eigenvalue weighted by Crippen LogP contribution is -2.03. The molecule has 0 N–H and O–H groups in total. The van der Waals surface area contributed by atoms with Crippen molar-refractivity contribution >= 4 is 18.5 Å². The van der Waals surface area contributed by atoms with Crippen molar-refractivity contribution in [2.24, 2.45) is 0 Å². The molecule has 0 aromatic heterocycles. The van der Waals surface area contributed by atoms with Crippen molar-refractivity contribution in [3.05, 3.63) is 34.9 Å². The second-order valence-electron chi connectivity index (χ2n) is 2.57. The Labute approximate surface area is 80.5 Å². The maximum atomic E-state index is 11.1. The van der Waals surface area contributed by atoms with Crippen molar-refractivity contribution in [1.29, 1.82) is 0 Å². The summed E-state index contributed by atoms with van der Waals surface area (Å²) in [5.74, 6) is -0.537. The Morgan fingerprint density at radius 1 is 1.21 bits per heavy atom. The van der Waals surface area contributed by atoms with Crippen LogP contribution in [0.1, 0.15) is 31.1 Å². The number of methoxy groups -OCH3 is 1. The summed E-state index contributed by atoms with van der Waals surface area (Å²) < 4.78 is 4.47. The Morgan fingerprint density at radius 2 is 1.86 bits per heavy atom. The van der Waals surface area contributed by atoms with Gasteiger partial charge in [0.15, 0.2) is 12.6 Å². The molecule has 14 heavy (non-hydrogen) atoms. The van der Waals surface area contributed by atoms with Crippen molar-refractivity contribution in [3.63, 3.8) is 0 Å². The van der Waals surface area contributed by atoms with Crippen molar-refractivity contribution < 1.29 is 19.1 Å². The van der Waals surface area contributed by atoms with Crippen LogP contribution in [0.25, 0.3) is 0 Å². The molecule has 0 saturated carbocycles. The van der Waals surface area contributed by atoms with Crippen LogP contribution in [-0.4, -0.2) is 25.7 Å². The fourth-order valence-corrected chi connectivity index (χ4v) is 1.03. The Kier molecular flexibility index (Phi) is 3.12. The monoisotopic (exact) mass is 192 g/mol. The van der Waals surface area contributed by atoms with Gasteiger partial charge in [-0.1, -0.05) is 6.07 Å². The van der Waals surface area contributed by atoms with E-state index in [2.05, 4.69) is 4.74 Å². The van der Waals surface area contributed by atoms with Crippen LogP contribution in [0, 0.1) is 0 Å². The minimum Gasteiger partial charge on any atom is -0.465 e. The molecule has 0 atom stereocenters. The zero-order chi connectivity index (χ0) is 10.6. The molecule has 1 aromatic carbocycles. The summed E-state index contributed by atoms with van der Waals surface area (Å²) in [4.78, 5) is 32.1. The van der Waals surface area contributed by atoms with Gasteiger partial charge >= 0.3 is 5.97 Å². The lowest BCUT2D eigenvalue weighted by Gasteiger charge is -2.01. The number of carbonyl (C=O) groups excluding carboxylic acids is 3. The minimum atomic E-state index is -0.537. The first-order valence-corrected chi connectivity index (χ1v) is 3.85. The fraction of sp³-hybridized carbons (Fsp3) is 0.100. The number of esters is 1. The van der Waals surface area contributed by atoms with Crippen LogP contribution in [0.4, 0.5) is 0 Å². The van der Waals surface area contributed by atoms with Crippen LogP contribution in [-0.2, 0) is 4.74 Å². The maximum Gasteiger partial charge on any atom is 0.337 e. The third-order valence-electron chi connectivity index (χ3n) is 1.76. The van der Waals surface area contributed by atoms with Crippen molar-refractivity contribution in [2.45, 2.75) is 0 Å². The van der Waals surface area contributed by atoms with E-state index in [4.69, 9.17) is 0 Å². The van der Waals surface area contributed by atoms with Gasteiger partial charge in [-0.3, -0.25) is 9.59 Å². The number of carbonyl (C=O) groups is 3. The van der Waals surface area contributed by atoms with Crippen molar-refractivity contribution in [2.75, 3.05) is 7.11 Å². The fourth-order valence-electron chi connectivity index (χ4n) is 1.03. The van der Waals surface area contributed by atoms with Crippen molar-refractivity contribution in [1.82, 2.24) is 0 Å². The Bertz CT molecular complexity index is 382. The largest absolute Gasteiger partial charge is 0.465 e. The van der Waals surface area contributed by atoms with E-state index in [1.165, 1.54) is 25.3 Å². The predicted octanol–water partition coefficient (Wildman–Crippen LogP) is 1.10. The highest BCUT2D eigenvalue weighted by Gasteiger charge is 2.08. The molecular weight excluding hydrogens is 184 g/mol. The number of rotatable bonds is 3. The minimum absolute atomic E-state index is 0.183. The number of benzene rings is 1. The van der Waals surface area contributed by atoms with E-state index in [0.29, 0.717) is 12.6 Å². The summed E-state index contributed by atoms with van der Waals surface area (Å²) in [6.07, 6.45) is 1.08. The van der Waals surface area contributed by atoms with Gasteiger partial charge in [0.05, 0.1) is 12.7 Å². The Balaban J connectivity index is 3.20. The molecule has 0 amide bonds. The Morgan fingerprint density at radius 3 is 2.36 bits per heavy atom. The molecule has 0 aliphatic carbocycles. The number of hydrogen-bond acceptors (Lipinski definition) is 4. The third-order valence-corrected chi connectivity index (χ3v) is 1.76. The summed E-state index contributed by atoms with van der Waals surface area (Å²) >= 11 is 0. The number of hydrogen-bond donors (Lipinski definition) is 0. The molecule has 72 valence electrons. The van der Waals surface area contributed by atoms with Crippen LogP contribution < -0.4 is 0 Å². The SMILES string of the molecule is COC(=O)c1ccc(C=O)c(C=O)c1. The first kappa shape index (κ1) is 10.1. The van der Waals surface area contributed by atoms with Gasteiger partial charge in [0.1, 0.15) is 0 Å². The molecule has 1 aromatic rings. The van der Waals surface area contributed by atoms with Gasteiger partial charge in [0.2, 0.25) is 0 Å². The van der Waals surface area contributed by atoms with Gasteiger partial charge in [0, 0.05) is 11.1 Å². The molecule has 0 spiro atoms. The van der Waals surface area contributed by atoms with Gasteiger partial charge in [-0.25, -0.2) is 4.79 Å². The topological polar surface area (TPSA) is 60.4 Å². The molecule has 4 heteroatoms. The molecular formula is C10H8O4. The van der Waals surface area contributed by atoms with E-state index in [1.807, 2.05) is 0 Å². The molecule has 0 unspecified atom stereocenters. The van der Waals surface area contributed by atoms with Crippen molar-refractivity contribution in [3.8, 4) is 0 Å². The standard InChI is InChI=1S/C10H8O4/c1-14-10(13)7-2-3-8(5-11)9(4-7)6-12/h2-6H,1H3. The van der Waals surface area contributed by atoms with E-state index >= 15 is 0 Å². The Hall–Kier alpha value is -1.97. The normalized spacial score (nSPS) is 9.21. The molecule has 0 saturated heterocycles. The average molecular weight is 192 g/mol. The van der Waals surface area contributed by atoms with Gasteiger partial charge in [-0.05, 0) is 12.1 Å². The first-order chi connectivity index (χ1) is 6.72. The van der Waals surface area contributed by atoms with Gasteiger partial charge in [-0.15, -0.1) is 0 Å². The predicted molar refractivity (Wildman–Crippen MR) is 48.6 cm³/mol. The summed E-state index contributed by atoms with van der Waals surface area (Å²) in [5, 5.41) is 0. The zero-order valence-corrected chi connectivity index (χ0v) is 7.52. The van der Waals surface area contributed by atoms with Gasteiger partial charge < -0.3 is 4.74 Å². The second kappa shape index (κ2) is 4.32. The molecule has 4 nitrogen and oxygen atoms in total. The van der Waals surface area contributed by atoms with Crippen LogP contribution in [0.2, 0.25) is 0 Å². The van der Waals surface area contributed by atoms with E-state index in [9.17, 15) is 14.4 Å². The molecule has 1 rings (SSSR count). The summed E-state index contributed by atoms with van der Waals surface area (Å²) in [5.41, 5.74) is 0.691. The molecule has 0 bridgehead atoms. The summed E-state index contributed by atoms with van der Waals surface area (Å²) in [6.45, 7) is 0. The van der Waals surface area contributed by atoms with E-state index in [-0.39, 0.29) is 16.7 Å². The number of ether oxygens (including phenoxy) is 1. The summed E-state index contributed by atoms with van der Waals surface area (Å²) in [6, 6.07) is 4.16. The van der Waals surface area contributed by atoms with E-state index in [1.54, 1.807) is 0 Å². The van der Waals surface area contributed by atoms with Crippen LogP contribution in [0.5, 0.6) is 0 Å². The van der Waals surface area contributed by atoms with Crippen LogP contribution in [0.3, 0.4) is 0 Å². The number of aldehydes is 2. The quantitative estimate of drug-likeness (QED) is 0.531. The smallest absolute Gasteiger partial charge is 0.337 e.